The highest BCUT2D eigenvalue weighted by atomic mass is 16.2. The van der Waals surface area contributed by atoms with Crippen LogP contribution in [0.5, 0.6) is 0 Å². The summed E-state index contributed by atoms with van der Waals surface area (Å²) in [5, 5.41) is 2.84. The number of carbonyl (C=O) groups excluding carboxylic acids is 2. The summed E-state index contributed by atoms with van der Waals surface area (Å²) >= 11 is 0. The Morgan fingerprint density at radius 2 is 2.14 bits per heavy atom. The highest BCUT2D eigenvalue weighted by Crippen LogP contribution is 2.17. The minimum absolute atomic E-state index is 0.141. The van der Waals surface area contributed by atoms with Gasteiger partial charge in [0.25, 0.3) is 0 Å². The first-order valence-corrected chi connectivity index (χ1v) is 7.22. The number of primary amides is 1. The minimum atomic E-state index is -0.354. The number of amides is 2. The molecule has 2 amide bonds. The van der Waals surface area contributed by atoms with Crippen LogP contribution < -0.4 is 16.8 Å². The van der Waals surface area contributed by atoms with E-state index in [0.717, 1.165) is 37.1 Å². The van der Waals surface area contributed by atoms with Crippen LogP contribution in [0.15, 0.2) is 24.3 Å². The summed E-state index contributed by atoms with van der Waals surface area (Å²) in [6.07, 6.45) is 2.69. The zero-order valence-electron chi connectivity index (χ0n) is 12.0. The van der Waals surface area contributed by atoms with Crippen molar-refractivity contribution in [1.29, 1.82) is 0 Å². The summed E-state index contributed by atoms with van der Waals surface area (Å²) in [5.41, 5.74) is 12.7. The zero-order valence-corrected chi connectivity index (χ0v) is 12.0. The molecule has 0 aliphatic carbocycles. The minimum Gasteiger partial charge on any atom is -0.368 e. The van der Waals surface area contributed by atoms with Gasteiger partial charge in [-0.15, -0.1) is 0 Å². The fourth-order valence-electron chi connectivity index (χ4n) is 2.66. The Kier molecular flexibility index (Phi) is 5.30. The van der Waals surface area contributed by atoms with Crippen LogP contribution in [-0.2, 0) is 16.1 Å². The van der Waals surface area contributed by atoms with Crippen molar-refractivity contribution in [2.45, 2.75) is 31.8 Å². The molecular formula is C15H22N4O2. The van der Waals surface area contributed by atoms with Gasteiger partial charge in [-0.25, -0.2) is 0 Å². The van der Waals surface area contributed by atoms with E-state index in [1.54, 1.807) is 0 Å². The summed E-state index contributed by atoms with van der Waals surface area (Å²) < 4.78 is 0. The van der Waals surface area contributed by atoms with Gasteiger partial charge >= 0.3 is 0 Å². The quantitative estimate of drug-likeness (QED) is 0.731. The molecule has 0 saturated carbocycles. The van der Waals surface area contributed by atoms with Gasteiger partial charge in [0, 0.05) is 12.2 Å². The Morgan fingerprint density at radius 3 is 2.86 bits per heavy atom. The van der Waals surface area contributed by atoms with Gasteiger partial charge in [-0.1, -0.05) is 18.6 Å². The number of piperidine rings is 1. The maximum absolute atomic E-state index is 12.1. The van der Waals surface area contributed by atoms with Crippen LogP contribution in [0.3, 0.4) is 0 Å². The average molecular weight is 290 g/mol. The molecular weight excluding hydrogens is 268 g/mol. The molecule has 1 saturated heterocycles. The summed E-state index contributed by atoms with van der Waals surface area (Å²) in [6.45, 7) is 1.34. The molecule has 1 aromatic rings. The average Bonchev–Trinajstić information content (AvgIpc) is 2.47. The second-order valence-electron chi connectivity index (χ2n) is 5.34. The van der Waals surface area contributed by atoms with Gasteiger partial charge < -0.3 is 16.8 Å². The number of nitrogens with two attached hydrogens (primary N) is 2. The third-order valence-corrected chi connectivity index (χ3v) is 3.74. The SMILES string of the molecule is NCc1cccc(NC(=O)CN2CCCCC2C(N)=O)c1. The van der Waals surface area contributed by atoms with E-state index >= 15 is 0 Å². The Hall–Kier alpha value is -1.92. The van der Waals surface area contributed by atoms with Gasteiger partial charge in [-0.3, -0.25) is 14.5 Å². The molecule has 0 radical (unpaired) electrons. The number of rotatable bonds is 5. The Morgan fingerprint density at radius 1 is 1.33 bits per heavy atom. The summed E-state index contributed by atoms with van der Waals surface area (Å²) in [4.78, 5) is 25.4. The molecule has 1 aromatic carbocycles. The third kappa shape index (κ3) is 4.27. The Balaban J connectivity index is 1.95. The molecule has 1 atom stereocenters. The largest absolute Gasteiger partial charge is 0.368 e. The topological polar surface area (TPSA) is 101 Å². The van der Waals surface area contributed by atoms with Crippen molar-refractivity contribution in [1.82, 2.24) is 4.90 Å². The zero-order chi connectivity index (χ0) is 15.2. The number of nitrogens with one attached hydrogen (secondary N) is 1. The highest BCUT2D eigenvalue weighted by Gasteiger charge is 2.28. The maximum atomic E-state index is 12.1. The van der Waals surface area contributed by atoms with Crippen LogP contribution in [0, 0.1) is 0 Å². The summed E-state index contributed by atoms with van der Waals surface area (Å²) in [7, 11) is 0. The first-order valence-electron chi connectivity index (χ1n) is 7.22. The molecule has 6 nitrogen and oxygen atoms in total. The van der Waals surface area contributed by atoms with Gasteiger partial charge in [0.1, 0.15) is 0 Å². The van der Waals surface area contributed by atoms with E-state index in [2.05, 4.69) is 5.32 Å². The van der Waals surface area contributed by atoms with Crippen molar-refractivity contribution in [3.63, 3.8) is 0 Å². The third-order valence-electron chi connectivity index (χ3n) is 3.74. The standard InChI is InChI=1S/C15H22N4O2/c16-9-11-4-3-5-12(8-11)18-14(20)10-19-7-2-1-6-13(19)15(17)21/h3-5,8,13H,1-2,6-7,9-10,16H2,(H2,17,21)(H,18,20). The predicted molar refractivity (Wildman–Crippen MR) is 81.4 cm³/mol. The van der Waals surface area contributed by atoms with E-state index in [9.17, 15) is 9.59 Å². The lowest BCUT2D eigenvalue weighted by atomic mass is 10.0. The number of carbonyl (C=O) groups is 2. The monoisotopic (exact) mass is 290 g/mol. The summed E-state index contributed by atoms with van der Waals surface area (Å²) in [5.74, 6) is -0.495. The smallest absolute Gasteiger partial charge is 0.238 e. The second kappa shape index (κ2) is 7.19. The molecule has 1 aliphatic rings. The van der Waals surface area contributed by atoms with E-state index in [1.807, 2.05) is 29.2 Å². The molecule has 1 aliphatic heterocycles. The highest BCUT2D eigenvalue weighted by molar-refractivity contribution is 5.92. The van der Waals surface area contributed by atoms with Crippen molar-refractivity contribution in [3.8, 4) is 0 Å². The molecule has 0 spiro atoms. The van der Waals surface area contributed by atoms with Crippen molar-refractivity contribution in [2.24, 2.45) is 11.5 Å². The lowest BCUT2D eigenvalue weighted by Gasteiger charge is -2.32. The fourth-order valence-corrected chi connectivity index (χ4v) is 2.66. The van der Waals surface area contributed by atoms with Gasteiger partial charge in [0.15, 0.2) is 0 Å². The molecule has 1 fully saturated rings. The van der Waals surface area contributed by atoms with Crippen molar-refractivity contribution in [3.05, 3.63) is 29.8 Å². The number of hydrogen-bond acceptors (Lipinski definition) is 4. The van der Waals surface area contributed by atoms with Crippen molar-refractivity contribution in [2.75, 3.05) is 18.4 Å². The van der Waals surface area contributed by atoms with Gasteiger partial charge in [-0.05, 0) is 37.1 Å². The number of anilines is 1. The van der Waals surface area contributed by atoms with Crippen LogP contribution >= 0.6 is 0 Å². The number of likely N-dealkylation sites (tertiary alicyclic amines) is 1. The van der Waals surface area contributed by atoms with Crippen molar-refractivity contribution >= 4 is 17.5 Å². The number of benzene rings is 1. The van der Waals surface area contributed by atoms with Crippen LogP contribution in [0.4, 0.5) is 5.69 Å². The molecule has 5 N–H and O–H groups in total. The Bertz CT molecular complexity index is 518. The lowest BCUT2D eigenvalue weighted by Crippen LogP contribution is -2.50. The van der Waals surface area contributed by atoms with Gasteiger partial charge in [-0.2, -0.15) is 0 Å². The van der Waals surface area contributed by atoms with Crippen LogP contribution in [-0.4, -0.2) is 35.8 Å². The van der Waals surface area contributed by atoms with E-state index in [0.29, 0.717) is 6.54 Å². The van der Waals surface area contributed by atoms with E-state index in [4.69, 9.17) is 11.5 Å². The van der Waals surface area contributed by atoms with Crippen molar-refractivity contribution < 1.29 is 9.59 Å². The normalized spacial score (nSPS) is 19.2. The first-order chi connectivity index (χ1) is 10.1. The molecule has 6 heteroatoms. The van der Waals surface area contributed by atoms with Crippen LogP contribution in [0.2, 0.25) is 0 Å². The molecule has 2 rings (SSSR count). The molecule has 0 bridgehead atoms. The Labute approximate surface area is 124 Å². The maximum Gasteiger partial charge on any atom is 0.238 e. The van der Waals surface area contributed by atoms with E-state index < -0.39 is 0 Å². The van der Waals surface area contributed by atoms with E-state index in [1.165, 1.54) is 0 Å². The summed E-state index contributed by atoms with van der Waals surface area (Å²) in [6, 6.07) is 7.09. The second-order valence-corrected chi connectivity index (χ2v) is 5.34. The van der Waals surface area contributed by atoms with Gasteiger partial charge in [0.05, 0.1) is 12.6 Å². The first kappa shape index (κ1) is 15.5. The van der Waals surface area contributed by atoms with Crippen LogP contribution in [0.25, 0.3) is 0 Å². The molecule has 1 unspecified atom stereocenters. The molecule has 1 heterocycles. The molecule has 21 heavy (non-hydrogen) atoms. The van der Waals surface area contributed by atoms with Crippen LogP contribution in [0.1, 0.15) is 24.8 Å². The van der Waals surface area contributed by atoms with E-state index in [-0.39, 0.29) is 24.4 Å². The molecule has 114 valence electrons. The number of hydrogen-bond donors (Lipinski definition) is 3. The molecule has 0 aromatic heterocycles. The lowest BCUT2D eigenvalue weighted by molar-refractivity contribution is -0.126. The van der Waals surface area contributed by atoms with Gasteiger partial charge in [0.2, 0.25) is 11.8 Å². The number of nitrogens with zero attached hydrogens (tertiary/aromatic N) is 1. The fraction of sp³-hybridized carbons (Fsp3) is 0.467. The predicted octanol–water partition coefficient (Wildman–Crippen LogP) is 0.424.